The molecule has 5 rings (SSSR count). The van der Waals surface area contributed by atoms with E-state index in [9.17, 15) is 14.4 Å². The van der Waals surface area contributed by atoms with Gasteiger partial charge in [-0.05, 0) is 78.4 Å². The number of nitrogens with one attached hydrogen (secondary N) is 2. The first kappa shape index (κ1) is 29.0. The maximum atomic E-state index is 12.9. The molecule has 0 spiro atoms. The second kappa shape index (κ2) is 12.5. The molecule has 11 heteroatoms. The second-order valence-corrected chi connectivity index (χ2v) is 11.0. The predicted octanol–water partition coefficient (Wildman–Crippen LogP) is 6.61. The van der Waals surface area contributed by atoms with E-state index in [4.69, 9.17) is 16.3 Å². The van der Waals surface area contributed by atoms with Crippen LogP contribution in [-0.2, 0) is 14.3 Å². The van der Waals surface area contributed by atoms with Crippen LogP contribution in [0, 0.1) is 5.92 Å². The lowest BCUT2D eigenvalue weighted by Gasteiger charge is -2.13. The Morgan fingerprint density at radius 1 is 1.14 bits per heavy atom. The van der Waals surface area contributed by atoms with Gasteiger partial charge in [0.1, 0.15) is 0 Å². The van der Waals surface area contributed by atoms with Gasteiger partial charge in [0.25, 0.3) is 5.91 Å². The van der Waals surface area contributed by atoms with Crippen molar-refractivity contribution < 1.29 is 19.1 Å². The Bertz CT molecular complexity index is 1770. The first-order valence-electron chi connectivity index (χ1n) is 13.1. The highest BCUT2D eigenvalue weighted by Gasteiger charge is 2.25. The van der Waals surface area contributed by atoms with Crippen LogP contribution in [0.15, 0.2) is 77.0 Å². The summed E-state index contributed by atoms with van der Waals surface area (Å²) in [6.07, 6.45) is 6.58. The molecule has 2 N–H and O–H groups in total. The molecule has 2 aromatic heterocycles. The van der Waals surface area contributed by atoms with E-state index < -0.39 is 5.97 Å². The van der Waals surface area contributed by atoms with Crippen LogP contribution in [0.5, 0.6) is 0 Å². The molecule has 212 valence electrons. The Hall–Kier alpha value is -4.54. The van der Waals surface area contributed by atoms with Crippen LogP contribution in [0.3, 0.4) is 0 Å². The van der Waals surface area contributed by atoms with Crippen molar-refractivity contribution in [2.75, 3.05) is 11.9 Å². The fraction of sp³-hybridized carbons (Fsp3) is 0.161. The molecular weight excluding hydrogens is 574 g/mol. The van der Waals surface area contributed by atoms with Crippen molar-refractivity contribution in [3.63, 3.8) is 0 Å². The monoisotopic (exact) mass is 599 g/mol. The summed E-state index contributed by atoms with van der Waals surface area (Å²) in [7, 11) is 0. The first-order valence-corrected chi connectivity index (χ1v) is 14.3. The molecule has 1 aliphatic rings. The number of thioether (sulfide) groups is 1. The summed E-state index contributed by atoms with van der Waals surface area (Å²) in [5.41, 5.74) is 4.18. The fourth-order valence-electron chi connectivity index (χ4n) is 4.20. The molecule has 0 radical (unpaired) electrons. The summed E-state index contributed by atoms with van der Waals surface area (Å²) < 4.78 is 5.29. The van der Waals surface area contributed by atoms with Crippen molar-refractivity contribution in [2.45, 2.75) is 20.8 Å². The molecule has 0 aliphatic carbocycles. The molecule has 1 saturated heterocycles. The number of fused-ring (bicyclic) bond motifs is 1. The van der Waals surface area contributed by atoms with Gasteiger partial charge in [-0.3, -0.25) is 19.6 Å². The minimum atomic E-state index is -0.472. The zero-order chi connectivity index (χ0) is 29.8. The normalized spacial score (nSPS) is 14.9. The van der Waals surface area contributed by atoms with Crippen molar-refractivity contribution >= 4 is 74.7 Å². The molecule has 0 bridgehead atoms. The Morgan fingerprint density at radius 2 is 1.93 bits per heavy atom. The van der Waals surface area contributed by atoms with E-state index in [2.05, 4.69) is 25.6 Å². The maximum Gasteiger partial charge on any atom is 0.340 e. The summed E-state index contributed by atoms with van der Waals surface area (Å²) in [6, 6.07) is 14.2. The molecule has 3 heterocycles. The van der Waals surface area contributed by atoms with Crippen LogP contribution in [0.2, 0.25) is 5.02 Å². The summed E-state index contributed by atoms with van der Waals surface area (Å²) in [5.74, 6) is -1.10. The number of anilines is 1. The highest BCUT2D eigenvalue weighted by Crippen LogP contribution is 2.35. The number of rotatable bonds is 7. The van der Waals surface area contributed by atoms with Crippen LogP contribution in [0.1, 0.15) is 36.7 Å². The lowest BCUT2D eigenvalue weighted by atomic mass is 9.96. The third-order valence-electron chi connectivity index (χ3n) is 6.27. The van der Waals surface area contributed by atoms with Crippen LogP contribution < -0.4 is 10.6 Å². The molecule has 9 nitrogen and oxygen atoms in total. The Balaban J connectivity index is 1.49. The van der Waals surface area contributed by atoms with Gasteiger partial charge in [0.15, 0.2) is 5.17 Å². The van der Waals surface area contributed by atoms with Gasteiger partial charge >= 0.3 is 5.97 Å². The van der Waals surface area contributed by atoms with Crippen LogP contribution in [0.4, 0.5) is 11.4 Å². The zero-order valence-electron chi connectivity index (χ0n) is 23.0. The number of hydrogen-bond acceptors (Lipinski definition) is 8. The molecule has 42 heavy (non-hydrogen) atoms. The number of hydrogen-bond donors (Lipinski definition) is 2. The number of ether oxygens (including phenoxy) is 1. The first-order chi connectivity index (χ1) is 20.2. The van der Waals surface area contributed by atoms with E-state index in [0.717, 1.165) is 16.5 Å². The molecule has 1 aliphatic heterocycles. The Morgan fingerprint density at radius 3 is 2.67 bits per heavy atom. The van der Waals surface area contributed by atoms with E-state index in [1.807, 2.05) is 30.3 Å². The minimum Gasteiger partial charge on any atom is -0.462 e. The topological polar surface area (TPSA) is 123 Å². The van der Waals surface area contributed by atoms with Gasteiger partial charge in [-0.2, -0.15) is 0 Å². The number of amides is 2. The number of carbonyl (C=O) groups excluding carboxylic acids is 3. The van der Waals surface area contributed by atoms with Crippen LogP contribution in [0.25, 0.3) is 28.1 Å². The van der Waals surface area contributed by atoms with E-state index >= 15 is 0 Å². The Kier molecular flexibility index (Phi) is 8.65. The van der Waals surface area contributed by atoms with Crippen LogP contribution in [-0.4, -0.2) is 39.5 Å². The van der Waals surface area contributed by atoms with Gasteiger partial charge in [-0.25, -0.2) is 9.79 Å². The van der Waals surface area contributed by atoms with Crippen molar-refractivity contribution in [3.8, 4) is 11.1 Å². The van der Waals surface area contributed by atoms with Crippen molar-refractivity contribution in [1.82, 2.24) is 15.3 Å². The van der Waals surface area contributed by atoms with Gasteiger partial charge in [0, 0.05) is 41.1 Å². The van der Waals surface area contributed by atoms with Crippen molar-refractivity contribution in [1.29, 1.82) is 0 Å². The van der Waals surface area contributed by atoms with Crippen LogP contribution >= 0.6 is 23.4 Å². The molecule has 0 unspecified atom stereocenters. The SMILES string of the molecule is CCOC(=O)c1cnc2ccc(/C=C3\SC(=Nc4cc(NC(=O)C(C)C)ccc4Cl)NC3=O)cc2c1-c1ccncc1. The average molecular weight is 600 g/mol. The van der Waals surface area contributed by atoms with E-state index in [1.54, 1.807) is 57.4 Å². The van der Waals surface area contributed by atoms with E-state index in [0.29, 0.717) is 43.1 Å². The number of aliphatic imine (C=N–C) groups is 1. The zero-order valence-corrected chi connectivity index (χ0v) is 24.5. The largest absolute Gasteiger partial charge is 0.462 e. The number of esters is 1. The average Bonchev–Trinajstić information content (AvgIpc) is 3.32. The number of amidine groups is 1. The van der Waals surface area contributed by atoms with E-state index in [-0.39, 0.29) is 24.3 Å². The molecule has 1 fully saturated rings. The number of nitrogens with zero attached hydrogens (tertiary/aromatic N) is 3. The fourth-order valence-corrected chi connectivity index (χ4v) is 5.19. The summed E-state index contributed by atoms with van der Waals surface area (Å²) in [5, 5.41) is 7.05. The maximum absolute atomic E-state index is 12.9. The molecule has 0 saturated carbocycles. The van der Waals surface area contributed by atoms with Crippen molar-refractivity contribution in [3.05, 3.63) is 88.2 Å². The second-order valence-electron chi connectivity index (χ2n) is 9.57. The van der Waals surface area contributed by atoms with Gasteiger partial charge < -0.3 is 15.4 Å². The number of aromatic nitrogens is 2. The number of pyridine rings is 2. The Labute approximate surface area is 251 Å². The number of carbonyl (C=O) groups is 3. The van der Waals surface area contributed by atoms with E-state index in [1.165, 1.54) is 18.0 Å². The van der Waals surface area contributed by atoms with Gasteiger partial charge in [0.2, 0.25) is 5.91 Å². The third kappa shape index (κ3) is 6.35. The lowest BCUT2D eigenvalue weighted by molar-refractivity contribution is -0.119. The summed E-state index contributed by atoms with van der Waals surface area (Å²) >= 11 is 7.52. The quantitative estimate of drug-likeness (QED) is 0.181. The highest BCUT2D eigenvalue weighted by atomic mass is 35.5. The molecule has 2 aromatic carbocycles. The smallest absolute Gasteiger partial charge is 0.340 e. The predicted molar refractivity (Wildman–Crippen MR) is 167 cm³/mol. The lowest BCUT2D eigenvalue weighted by Crippen LogP contribution is -2.19. The van der Waals surface area contributed by atoms with Gasteiger partial charge in [-0.15, -0.1) is 0 Å². The molecule has 0 atom stereocenters. The standard InChI is InChI=1S/C31H26ClN5O4S/c1-4-41-30(40)22-16-34-24-8-5-18(13-21(24)27(22)19-9-11-33-12-10-19)14-26-29(39)37-31(42-26)36-25-15-20(6-7-23(25)32)35-28(38)17(2)3/h5-17H,4H2,1-3H3,(H,35,38)(H,36,37,39)/b26-14-. The summed E-state index contributed by atoms with van der Waals surface area (Å²) in [4.78, 5) is 51.3. The van der Waals surface area contributed by atoms with Gasteiger partial charge in [-0.1, -0.05) is 31.5 Å². The van der Waals surface area contributed by atoms with Crippen molar-refractivity contribution in [2.24, 2.45) is 10.9 Å². The minimum absolute atomic E-state index is 0.128. The number of benzene rings is 2. The third-order valence-corrected chi connectivity index (χ3v) is 7.49. The summed E-state index contributed by atoms with van der Waals surface area (Å²) in [6.45, 7) is 5.59. The van der Waals surface area contributed by atoms with Gasteiger partial charge in [0.05, 0.1) is 33.3 Å². The number of halogens is 1. The highest BCUT2D eigenvalue weighted by molar-refractivity contribution is 8.18. The molecule has 2 amide bonds. The molecular formula is C31H26ClN5O4S. The molecule has 4 aromatic rings.